The van der Waals surface area contributed by atoms with Crippen molar-refractivity contribution < 1.29 is 18.4 Å². The quantitative estimate of drug-likeness (QED) is 0.680. The molecule has 0 aliphatic carbocycles. The zero-order valence-corrected chi connectivity index (χ0v) is 11.1. The van der Waals surface area contributed by atoms with Crippen LogP contribution in [0.15, 0.2) is 24.3 Å². The Balaban J connectivity index is 2.14. The summed E-state index contributed by atoms with van der Waals surface area (Å²) in [5, 5.41) is 12.6. The highest BCUT2D eigenvalue weighted by atomic mass is 32.2. The smallest absolute Gasteiger partial charge is 0.123 e. The lowest BCUT2D eigenvalue weighted by Gasteiger charge is -2.13. The van der Waals surface area contributed by atoms with Crippen LogP contribution in [0.2, 0.25) is 0 Å². The van der Waals surface area contributed by atoms with Crippen LogP contribution in [0.4, 0.5) is 4.39 Å². The molecule has 0 fully saturated rings. The van der Waals surface area contributed by atoms with Gasteiger partial charge in [0.25, 0.3) is 0 Å². The van der Waals surface area contributed by atoms with Gasteiger partial charge in [-0.25, -0.2) is 4.39 Å². The molecule has 0 spiro atoms. The van der Waals surface area contributed by atoms with E-state index in [1.165, 1.54) is 24.3 Å². The molecule has 0 heterocycles. The van der Waals surface area contributed by atoms with Crippen LogP contribution in [0.3, 0.4) is 0 Å². The predicted molar refractivity (Wildman–Crippen MR) is 69.7 cm³/mol. The largest absolute Gasteiger partial charge is 0.491 e. The lowest BCUT2D eigenvalue weighted by atomic mass is 10.3. The second kappa shape index (κ2) is 8.18. The SMILES string of the molecule is CS(=O)CCNCC(O)COc1ccc(F)cc1. The molecule has 1 aromatic carbocycles. The van der Waals surface area contributed by atoms with Crippen LogP contribution >= 0.6 is 0 Å². The second-order valence-corrected chi connectivity index (χ2v) is 5.45. The fraction of sp³-hybridized carbons (Fsp3) is 0.500. The van der Waals surface area contributed by atoms with Gasteiger partial charge in [-0.05, 0) is 24.3 Å². The van der Waals surface area contributed by atoms with Crippen molar-refractivity contribution in [2.75, 3.05) is 31.7 Å². The van der Waals surface area contributed by atoms with E-state index in [0.717, 1.165) is 0 Å². The number of nitrogens with one attached hydrogen (secondary N) is 1. The highest BCUT2D eigenvalue weighted by molar-refractivity contribution is 7.84. The Bertz CT molecular complexity index is 372. The molecule has 0 aliphatic rings. The Hall–Kier alpha value is -0.980. The molecule has 4 nitrogen and oxygen atoms in total. The van der Waals surface area contributed by atoms with Gasteiger partial charge in [-0.1, -0.05) is 0 Å². The summed E-state index contributed by atoms with van der Waals surface area (Å²) in [5.41, 5.74) is 0. The number of rotatable bonds is 8. The third-order valence-electron chi connectivity index (χ3n) is 2.20. The minimum absolute atomic E-state index is 0.133. The molecule has 0 amide bonds. The van der Waals surface area contributed by atoms with Gasteiger partial charge in [0, 0.05) is 35.9 Å². The van der Waals surface area contributed by atoms with Gasteiger partial charge in [0.2, 0.25) is 0 Å². The maximum Gasteiger partial charge on any atom is 0.123 e. The van der Waals surface area contributed by atoms with Crippen LogP contribution < -0.4 is 10.1 Å². The molecule has 0 bridgehead atoms. The molecule has 6 heteroatoms. The summed E-state index contributed by atoms with van der Waals surface area (Å²) >= 11 is 0. The van der Waals surface area contributed by atoms with E-state index in [1.807, 2.05) is 0 Å². The van der Waals surface area contributed by atoms with Gasteiger partial charge in [0.05, 0.1) is 0 Å². The van der Waals surface area contributed by atoms with E-state index >= 15 is 0 Å². The molecule has 2 N–H and O–H groups in total. The van der Waals surface area contributed by atoms with Crippen molar-refractivity contribution in [1.82, 2.24) is 5.32 Å². The first kappa shape index (κ1) is 15.1. The van der Waals surface area contributed by atoms with Crippen molar-refractivity contribution in [3.63, 3.8) is 0 Å². The fourth-order valence-corrected chi connectivity index (χ4v) is 1.70. The normalized spacial score (nSPS) is 14.2. The number of benzene rings is 1. The molecule has 0 saturated carbocycles. The molecule has 1 rings (SSSR count). The van der Waals surface area contributed by atoms with E-state index in [4.69, 9.17) is 4.74 Å². The number of aliphatic hydroxyl groups is 1. The summed E-state index contributed by atoms with van der Waals surface area (Å²) in [5.74, 6) is 0.758. The Kier molecular flexibility index (Phi) is 6.85. The van der Waals surface area contributed by atoms with Crippen molar-refractivity contribution >= 4 is 10.8 Å². The number of ether oxygens (including phenoxy) is 1. The van der Waals surface area contributed by atoms with E-state index < -0.39 is 16.9 Å². The van der Waals surface area contributed by atoms with Gasteiger partial charge in [0.15, 0.2) is 0 Å². The summed E-state index contributed by atoms with van der Waals surface area (Å²) in [6, 6.07) is 5.62. The van der Waals surface area contributed by atoms with E-state index in [0.29, 0.717) is 24.6 Å². The maximum atomic E-state index is 12.6. The standard InChI is InChI=1S/C12H18FNO3S/c1-18(16)7-6-14-8-11(15)9-17-12-4-2-10(13)3-5-12/h2-5,11,14-15H,6-9H2,1H3. The molecule has 2 unspecified atom stereocenters. The first-order chi connectivity index (χ1) is 8.58. The molecule has 0 aromatic heterocycles. The molecular weight excluding hydrogens is 257 g/mol. The first-order valence-corrected chi connectivity index (χ1v) is 7.38. The lowest BCUT2D eigenvalue weighted by molar-refractivity contribution is 0.107. The summed E-state index contributed by atoms with van der Waals surface area (Å²) in [4.78, 5) is 0. The number of hydrogen-bond donors (Lipinski definition) is 2. The minimum Gasteiger partial charge on any atom is -0.491 e. The maximum absolute atomic E-state index is 12.6. The van der Waals surface area contributed by atoms with E-state index in [9.17, 15) is 13.7 Å². The highest BCUT2D eigenvalue weighted by Crippen LogP contribution is 2.10. The predicted octanol–water partition coefficient (Wildman–Crippen LogP) is 0.534. The van der Waals surface area contributed by atoms with Crippen LogP contribution in [-0.2, 0) is 10.8 Å². The summed E-state index contributed by atoms with van der Waals surface area (Å²) in [7, 11) is -0.827. The van der Waals surface area contributed by atoms with Gasteiger partial charge in [-0.2, -0.15) is 0 Å². The average Bonchev–Trinajstić information content (AvgIpc) is 2.34. The van der Waals surface area contributed by atoms with Gasteiger partial charge in [0.1, 0.15) is 24.3 Å². The molecule has 102 valence electrons. The van der Waals surface area contributed by atoms with Crippen LogP contribution in [0.25, 0.3) is 0 Å². The Morgan fingerprint density at radius 2 is 2.11 bits per heavy atom. The zero-order chi connectivity index (χ0) is 13.4. The van der Waals surface area contributed by atoms with Crippen molar-refractivity contribution in [1.29, 1.82) is 0 Å². The first-order valence-electron chi connectivity index (χ1n) is 5.65. The van der Waals surface area contributed by atoms with Crippen LogP contribution in [0, 0.1) is 5.82 Å². The van der Waals surface area contributed by atoms with Gasteiger partial charge >= 0.3 is 0 Å². The van der Waals surface area contributed by atoms with E-state index in [2.05, 4.69) is 5.32 Å². The monoisotopic (exact) mass is 275 g/mol. The van der Waals surface area contributed by atoms with Crippen LogP contribution in [0.5, 0.6) is 5.75 Å². The van der Waals surface area contributed by atoms with E-state index in [-0.39, 0.29) is 12.4 Å². The second-order valence-electron chi connectivity index (χ2n) is 3.90. The Labute approximate surface area is 109 Å². The molecular formula is C12H18FNO3S. The molecule has 0 saturated heterocycles. The molecule has 0 aliphatic heterocycles. The zero-order valence-electron chi connectivity index (χ0n) is 10.3. The fourth-order valence-electron chi connectivity index (χ4n) is 1.27. The lowest BCUT2D eigenvalue weighted by Crippen LogP contribution is -2.33. The topological polar surface area (TPSA) is 58.6 Å². The van der Waals surface area contributed by atoms with Crippen LogP contribution in [0.1, 0.15) is 0 Å². The summed E-state index contributed by atoms with van der Waals surface area (Å²) in [6.45, 7) is 1.10. The highest BCUT2D eigenvalue weighted by Gasteiger charge is 2.05. The molecule has 2 atom stereocenters. The van der Waals surface area contributed by atoms with Crippen LogP contribution in [-0.4, -0.2) is 47.1 Å². The molecule has 0 radical (unpaired) electrons. The summed E-state index contributed by atoms with van der Waals surface area (Å²) in [6.07, 6.45) is 0.982. The number of halogens is 1. The third kappa shape index (κ3) is 6.68. The Morgan fingerprint density at radius 3 is 2.72 bits per heavy atom. The third-order valence-corrected chi connectivity index (χ3v) is 2.98. The number of hydrogen-bond acceptors (Lipinski definition) is 4. The average molecular weight is 275 g/mol. The van der Waals surface area contributed by atoms with Crippen molar-refractivity contribution in [3.8, 4) is 5.75 Å². The van der Waals surface area contributed by atoms with Crippen molar-refractivity contribution in [3.05, 3.63) is 30.1 Å². The van der Waals surface area contributed by atoms with Gasteiger partial charge in [-0.15, -0.1) is 0 Å². The van der Waals surface area contributed by atoms with Crippen molar-refractivity contribution in [2.24, 2.45) is 0 Å². The minimum atomic E-state index is -0.827. The Morgan fingerprint density at radius 1 is 1.44 bits per heavy atom. The van der Waals surface area contributed by atoms with Gasteiger partial charge in [-0.3, -0.25) is 4.21 Å². The number of aliphatic hydroxyl groups excluding tert-OH is 1. The van der Waals surface area contributed by atoms with Crippen molar-refractivity contribution in [2.45, 2.75) is 6.10 Å². The molecule has 18 heavy (non-hydrogen) atoms. The molecule has 1 aromatic rings. The van der Waals surface area contributed by atoms with Gasteiger partial charge < -0.3 is 15.2 Å². The summed E-state index contributed by atoms with van der Waals surface area (Å²) < 4.78 is 28.7. The van der Waals surface area contributed by atoms with E-state index in [1.54, 1.807) is 6.26 Å².